The van der Waals surface area contributed by atoms with Gasteiger partial charge in [-0.15, -0.1) is 5.10 Å². The molecule has 168 valence electrons. The highest BCUT2D eigenvalue weighted by Crippen LogP contribution is 2.63. The van der Waals surface area contributed by atoms with E-state index in [1.807, 2.05) is 85.8 Å². The van der Waals surface area contributed by atoms with Crippen molar-refractivity contribution in [2.45, 2.75) is 24.8 Å². The number of nitrogens with zero attached hydrogens (tertiary/aromatic N) is 3. The number of nitrogens with one attached hydrogen (secondary N) is 2. The van der Waals surface area contributed by atoms with E-state index in [-0.39, 0.29) is 29.1 Å². The number of rotatable bonds is 4. The Labute approximate surface area is 195 Å². The van der Waals surface area contributed by atoms with Crippen molar-refractivity contribution in [3.63, 3.8) is 0 Å². The van der Waals surface area contributed by atoms with Crippen molar-refractivity contribution in [2.75, 3.05) is 5.32 Å². The average Bonchev–Trinajstić information content (AvgIpc) is 3.33. The minimum absolute atomic E-state index is 0.0491. The van der Waals surface area contributed by atoms with Crippen molar-refractivity contribution >= 4 is 11.9 Å². The highest BCUT2D eigenvalue weighted by atomic mass is 16.6. The van der Waals surface area contributed by atoms with Gasteiger partial charge in [0.15, 0.2) is 5.82 Å². The molecule has 1 atom stereocenters. The van der Waals surface area contributed by atoms with E-state index in [2.05, 4.69) is 20.5 Å². The van der Waals surface area contributed by atoms with E-state index < -0.39 is 11.0 Å². The van der Waals surface area contributed by atoms with Gasteiger partial charge in [-0.05, 0) is 18.1 Å². The SMILES string of the molecule is C[C@]1(C(=O)Nc2n[nH]c(-c3ccccc3)n2)CC2([N+](=O)[O-])c3ccccc3C1c1ccccc12. The molecule has 0 spiro atoms. The van der Waals surface area contributed by atoms with Crippen molar-refractivity contribution < 1.29 is 9.72 Å². The van der Waals surface area contributed by atoms with Crippen LogP contribution in [0.3, 0.4) is 0 Å². The minimum Gasteiger partial charge on any atom is -0.293 e. The predicted octanol–water partition coefficient (Wildman–Crippen LogP) is 4.49. The van der Waals surface area contributed by atoms with Gasteiger partial charge in [0.2, 0.25) is 11.9 Å². The molecule has 0 unspecified atom stereocenters. The molecule has 4 aromatic rings. The maximum Gasteiger partial charge on any atom is 0.273 e. The number of nitro groups is 1. The Morgan fingerprint density at radius 1 is 1.00 bits per heavy atom. The molecule has 0 radical (unpaired) electrons. The highest BCUT2D eigenvalue weighted by Gasteiger charge is 2.67. The van der Waals surface area contributed by atoms with Gasteiger partial charge in [-0.3, -0.25) is 25.3 Å². The summed E-state index contributed by atoms with van der Waals surface area (Å²) in [5, 5.41) is 22.6. The van der Waals surface area contributed by atoms with Gasteiger partial charge < -0.3 is 0 Å². The molecule has 3 aliphatic rings. The Hall–Kier alpha value is -4.33. The summed E-state index contributed by atoms with van der Waals surface area (Å²) >= 11 is 0. The molecule has 0 fully saturated rings. The first-order valence-corrected chi connectivity index (χ1v) is 11.1. The summed E-state index contributed by atoms with van der Waals surface area (Å²) in [5.41, 5.74) is 1.24. The van der Waals surface area contributed by atoms with Crippen LogP contribution >= 0.6 is 0 Å². The second kappa shape index (κ2) is 7.08. The summed E-state index contributed by atoms with van der Waals surface area (Å²) in [7, 11) is 0. The average molecular weight is 451 g/mol. The van der Waals surface area contributed by atoms with E-state index in [4.69, 9.17) is 0 Å². The lowest BCUT2D eigenvalue weighted by Gasteiger charge is -2.52. The van der Waals surface area contributed by atoms with Crippen LogP contribution in [-0.2, 0) is 10.3 Å². The van der Waals surface area contributed by atoms with Crippen LogP contribution in [0.1, 0.15) is 41.5 Å². The van der Waals surface area contributed by atoms with Crippen LogP contribution < -0.4 is 5.32 Å². The fourth-order valence-electron chi connectivity index (χ4n) is 5.83. The third kappa shape index (κ3) is 2.62. The van der Waals surface area contributed by atoms with E-state index in [1.54, 1.807) is 0 Å². The van der Waals surface area contributed by atoms with Gasteiger partial charge >= 0.3 is 0 Å². The van der Waals surface area contributed by atoms with E-state index >= 15 is 0 Å². The number of hydrogen-bond donors (Lipinski definition) is 2. The normalized spacial score (nSPS) is 24.2. The largest absolute Gasteiger partial charge is 0.293 e. The van der Waals surface area contributed by atoms with Crippen LogP contribution in [0.25, 0.3) is 11.4 Å². The highest BCUT2D eigenvalue weighted by molar-refractivity contribution is 5.96. The van der Waals surface area contributed by atoms with Gasteiger partial charge in [0.1, 0.15) is 0 Å². The Morgan fingerprint density at radius 3 is 2.21 bits per heavy atom. The van der Waals surface area contributed by atoms with Gasteiger partial charge in [0.25, 0.3) is 5.54 Å². The number of fused-ring (bicyclic) bond motifs is 1. The summed E-state index contributed by atoms with van der Waals surface area (Å²) in [6.07, 6.45) is 0.0491. The molecule has 0 saturated carbocycles. The molecule has 1 heterocycles. The van der Waals surface area contributed by atoms with Crippen molar-refractivity contribution in [2.24, 2.45) is 5.41 Å². The fraction of sp³-hybridized carbons (Fsp3) is 0.192. The quantitative estimate of drug-likeness (QED) is 0.351. The monoisotopic (exact) mass is 451 g/mol. The number of carbonyl (C=O) groups excluding carboxylic acids is 1. The number of amides is 1. The van der Waals surface area contributed by atoms with Crippen LogP contribution in [0, 0.1) is 15.5 Å². The van der Waals surface area contributed by atoms with Gasteiger partial charge in [0.05, 0.1) is 5.41 Å². The molecule has 7 rings (SSSR count). The van der Waals surface area contributed by atoms with Crippen LogP contribution in [-0.4, -0.2) is 26.0 Å². The third-order valence-corrected chi connectivity index (χ3v) is 7.28. The summed E-state index contributed by atoms with van der Waals surface area (Å²) in [5.74, 6) is 0.00697. The molecule has 34 heavy (non-hydrogen) atoms. The Morgan fingerprint density at radius 2 is 1.59 bits per heavy atom. The van der Waals surface area contributed by atoms with Crippen molar-refractivity contribution in [1.29, 1.82) is 0 Å². The molecule has 8 heteroatoms. The first kappa shape index (κ1) is 20.3. The van der Waals surface area contributed by atoms with Gasteiger partial charge in [-0.1, -0.05) is 78.9 Å². The molecule has 2 N–H and O–H groups in total. The van der Waals surface area contributed by atoms with Crippen LogP contribution in [0.4, 0.5) is 5.95 Å². The third-order valence-electron chi connectivity index (χ3n) is 7.28. The zero-order valence-electron chi connectivity index (χ0n) is 18.4. The smallest absolute Gasteiger partial charge is 0.273 e. The number of aromatic nitrogens is 3. The van der Waals surface area contributed by atoms with E-state index in [0.717, 1.165) is 16.7 Å². The predicted molar refractivity (Wildman–Crippen MR) is 126 cm³/mol. The molecule has 0 saturated heterocycles. The van der Waals surface area contributed by atoms with Crippen LogP contribution in [0.2, 0.25) is 0 Å². The standard InChI is InChI=1S/C26H21N5O3/c1-25(23(32)28-24-27-22(29-30-24)16-9-3-2-4-10-16)15-26(31(33)34)19-13-7-5-11-17(19)21(25)18-12-6-8-14-20(18)26/h2-14,21H,15H2,1H3,(H2,27,28,29,30,32)/t21?,25-,26?/m0/s1. The van der Waals surface area contributed by atoms with Gasteiger partial charge in [-0.25, -0.2) is 0 Å². The lowest BCUT2D eigenvalue weighted by Crippen LogP contribution is -2.57. The van der Waals surface area contributed by atoms with Gasteiger partial charge in [0, 0.05) is 34.0 Å². The molecule has 2 bridgehead atoms. The number of anilines is 1. The second-order valence-corrected chi connectivity index (χ2v) is 9.15. The molecule has 3 aromatic carbocycles. The zero-order chi connectivity index (χ0) is 23.5. The first-order chi connectivity index (χ1) is 16.4. The fourth-order valence-corrected chi connectivity index (χ4v) is 5.83. The second-order valence-electron chi connectivity index (χ2n) is 9.15. The molecule has 3 aliphatic carbocycles. The summed E-state index contributed by atoms with van der Waals surface area (Å²) in [6.45, 7) is 1.81. The summed E-state index contributed by atoms with van der Waals surface area (Å²) < 4.78 is 0. The van der Waals surface area contributed by atoms with Crippen molar-refractivity contribution in [1.82, 2.24) is 15.2 Å². The minimum atomic E-state index is -1.50. The Kier molecular flexibility index (Phi) is 4.23. The first-order valence-electron chi connectivity index (χ1n) is 11.1. The van der Waals surface area contributed by atoms with Crippen molar-refractivity contribution in [3.05, 3.63) is 111 Å². The van der Waals surface area contributed by atoms with Gasteiger partial charge in [-0.2, -0.15) is 4.98 Å². The summed E-state index contributed by atoms with van der Waals surface area (Å²) in [6, 6.07) is 24.3. The summed E-state index contributed by atoms with van der Waals surface area (Å²) in [4.78, 5) is 30.7. The molecule has 1 amide bonds. The molecular weight excluding hydrogens is 430 g/mol. The van der Waals surface area contributed by atoms with E-state index in [0.29, 0.717) is 17.0 Å². The maximum absolute atomic E-state index is 13.8. The lowest BCUT2D eigenvalue weighted by atomic mass is 9.49. The Bertz CT molecular complexity index is 1400. The van der Waals surface area contributed by atoms with Crippen molar-refractivity contribution in [3.8, 4) is 11.4 Å². The number of aromatic amines is 1. The topological polar surface area (TPSA) is 114 Å². The number of carbonyl (C=O) groups is 1. The molecular formula is C26H21N5O3. The molecule has 8 nitrogen and oxygen atoms in total. The zero-order valence-corrected chi connectivity index (χ0v) is 18.4. The number of benzene rings is 3. The van der Waals surface area contributed by atoms with E-state index in [9.17, 15) is 14.9 Å². The molecule has 0 aliphatic heterocycles. The maximum atomic E-state index is 13.8. The molecule has 1 aromatic heterocycles. The number of H-pyrrole nitrogens is 1. The van der Waals surface area contributed by atoms with Crippen LogP contribution in [0.5, 0.6) is 0 Å². The Balaban J connectivity index is 1.44. The lowest BCUT2D eigenvalue weighted by molar-refractivity contribution is -0.573. The van der Waals surface area contributed by atoms with Crippen LogP contribution in [0.15, 0.2) is 78.9 Å². The van der Waals surface area contributed by atoms with E-state index in [1.165, 1.54) is 0 Å². The number of hydrogen-bond acceptors (Lipinski definition) is 5.